The first kappa shape index (κ1) is 14.9. The number of hydrogen-bond acceptors (Lipinski definition) is 6. The molecule has 0 aliphatic carbocycles. The van der Waals surface area contributed by atoms with Gasteiger partial charge in [0.2, 0.25) is 0 Å². The van der Waals surface area contributed by atoms with Gasteiger partial charge in [-0.2, -0.15) is 4.37 Å². The third kappa shape index (κ3) is 4.26. The fourth-order valence-electron chi connectivity index (χ4n) is 2.52. The van der Waals surface area contributed by atoms with E-state index in [9.17, 15) is 0 Å². The maximum Gasteiger partial charge on any atom is 0.153 e. The first-order chi connectivity index (χ1) is 9.20. The zero-order valence-electron chi connectivity index (χ0n) is 11.8. The highest BCUT2D eigenvalue weighted by molar-refractivity contribution is 7.99. The van der Waals surface area contributed by atoms with Gasteiger partial charge in [-0.15, -0.1) is 11.8 Å². The Labute approximate surface area is 124 Å². The summed E-state index contributed by atoms with van der Waals surface area (Å²) in [6.45, 7) is 7.04. The van der Waals surface area contributed by atoms with E-state index in [4.69, 9.17) is 5.73 Å². The van der Waals surface area contributed by atoms with E-state index in [0.717, 1.165) is 16.4 Å². The van der Waals surface area contributed by atoms with Crippen LogP contribution in [-0.2, 0) is 0 Å². The van der Waals surface area contributed by atoms with Gasteiger partial charge in [-0.05, 0) is 49.6 Å². The summed E-state index contributed by atoms with van der Waals surface area (Å²) < 4.78 is 4.21. The minimum absolute atomic E-state index is 0.649. The van der Waals surface area contributed by atoms with Crippen molar-refractivity contribution in [1.82, 2.24) is 9.27 Å². The number of piperidine rings is 1. The van der Waals surface area contributed by atoms with Gasteiger partial charge in [0.1, 0.15) is 5.00 Å². The molecule has 1 aliphatic rings. The second-order valence-electron chi connectivity index (χ2n) is 5.28. The molecule has 3 N–H and O–H groups in total. The van der Waals surface area contributed by atoms with Gasteiger partial charge in [-0.3, -0.25) is 0 Å². The number of rotatable bonds is 6. The molecule has 0 amide bonds. The molecule has 2 rings (SSSR count). The van der Waals surface area contributed by atoms with Gasteiger partial charge in [0.15, 0.2) is 5.82 Å². The molecule has 0 radical (unpaired) electrons. The average Bonchev–Trinajstić information content (AvgIpc) is 2.78. The minimum atomic E-state index is 0.649. The van der Waals surface area contributed by atoms with E-state index < -0.39 is 0 Å². The Balaban J connectivity index is 1.77. The third-order valence-corrected chi connectivity index (χ3v) is 5.28. The molecule has 19 heavy (non-hydrogen) atoms. The molecule has 2 heterocycles. The van der Waals surface area contributed by atoms with E-state index in [1.807, 2.05) is 6.26 Å². The number of nitrogens with one attached hydrogen (secondary N) is 1. The monoisotopic (exact) mass is 300 g/mol. The van der Waals surface area contributed by atoms with Crippen molar-refractivity contribution in [1.29, 1.82) is 0 Å². The second-order valence-corrected chi connectivity index (χ2v) is 6.87. The van der Waals surface area contributed by atoms with Crippen LogP contribution in [0.25, 0.3) is 0 Å². The van der Waals surface area contributed by atoms with E-state index in [-0.39, 0.29) is 0 Å². The van der Waals surface area contributed by atoms with E-state index in [1.165, 1.54) is 50.4 Å². The maximum absolute atomic E-state index is 5.84. The Morgan fingerprint density at radius 3 is 2.84 bits per heavy atom. The maximum atomic E-state index is 5.84. The molecule has 1 aromatic heterocycles. The van der Waals surface area contributed by atoms with Gasteiger partial charge in [-0.25, -0.2) is 0 Å². The lowest BCUT2D eigenvalue weighted by molar-refractivity contribution is 0.204. The highest BCUT2D eigenvalue weighted by Crippen LogP contribution is 2.34. The molecular weight excluding hydrogens is 276 g/mol. The van der Waals surface area contributed by atoms with E-state index >= 15 is 0 Å². The Bertz CT molecular complexity index is 388. The molecule has 0 spiro atoms. The van der Waals surface area contributed by atoms with Crippen molar-refractivity contribution in [2.24, 2.45) is 5.92 Å². The third-order valence-electron chi connectivity index (χ3n) is 3.51. The summed E-state index contributed by atoms with van der Waals surface area (Å²) in [6, 6.07) is 0. The highest BCUT2D eigenvalue weighted by Gasteiger charge is 2.15. The Kier molecular flexibility index (Phi) is 5.78. The summed E-state index contributed by atoms with van der Waals surface area (Å²) in [5.74, 6) is 1.31. The standard InChI is InChI=1S/C13H24N4S2/c1-10(9-17-6-4-3-5-7-17)8-15-13-11(18-2)12(14)16-19-13/h10,15H,3-9H2,1-2H3,(H2,14,16). The largest absolute Gasteiger partial charge is 0.382 e. The number of nitrogens with zero attached hydrogens (tertiary/aromatic N) is 2. The molecule has 1 aliphatic heterocycles. The zero-order valence-corrected chi connectivity index (χ0v) is 13.4. The molecule has 0 aromatic carbocycles. The molecule has 108 valence electrons. The summed E-state index contributed by atoms with van der Waals surface area (Å²) in [6.07, 6.45) is 6.17. The Morgan fingerprint density at radius 1 is 1.42 bits per heavy atom. The van der Waals surface area contributed by atoms with Crippen molar-refractivity contribution < 1.29 is 0 Å². The van der Waals surface area contributed by atoms with Crippen molar-refractivity contribution in [3.63, 3.8) is 0 Å². The van der Waals surface area contributed by atoms with Crippen LogP contribution in [0.3, 0.4) is 0 Å². The van der Waals surface area contributed by atoms with Gasteiger partial charge in [0, 0.05) is 13.1 Å². The van der Waals surface area contributed by atoms with Crippen LogP contribution >= 0.6 is 23.3 Å². The molecule has 0 bridgehead atoms. The topological polar surface area (TPSA) is 54.2 Å². The fraction of sp³-hybridized carbons (Fsp3) is 0.769. The van der Waals surface area contributed by atoms with Crippen LogP contribution < -0.4 is 11.1 Å². The van der Waals surface area contributed by atoms with E-state index in [0.29, 0.717) is 11.7 Å². The van der Waals surface area contributed by atoms with Gasteiger partial charge < -0.3 is 16.0 Å². The van der Waals surface area contributed by atoms with Crippen molar-refractivity contribution >= 4 is 34.1 Å². The van der Waals surface area contributed by atoms with Crippen LogP contribution in [-0.4, -0.2) is 41.7 Å². The quantitative estimate of drug-likeness (QED) is 0.791. The first-order valence-electron chi connectivity index (χ1n) is 6.96. The highest BCUT2D eigenvalue weighted by atomic mass is 32.2. The predicted molar refractivity (Wildman–Crippen MR) is 86.3 cm³/mol. The fourth-order valence-corrected chi connectivity index (χ4v) is 4.07. The van der Waals surface area contributed by atoms with Crippen LogP contribution in [0.2, 0.25) is 0 Å². The van der Waals surface area contributed by atoms with Crippen molar-refractivity contribution in [2.45, 2.75) is 31.1 Å². The SMILES string of the molecule is CSc1c(N)nsc1NCC(C)CN1CCCCC1. The van der Waals surface area contributed by atoms with Gasteiger partial charge in [-0.1, -0.05) is 13.3 Å². The van der Waals surface area contributed by atoms with Crippen LogP contribution in [0.15, 0.2) is 4.90 Å². The predicted octanol–water partition coefficient (Wildman–Crippen LogP) is 2.98. The number of nitrogens with two attached hydrogens (primary N) is 1. The Morgan fingerprint density at radius 2 is 2.16 bits per heavy atom. The zero-order chi connectivity index (χ0) is 13.7. The lowest BCUT2D eigenvalue weighted by atomic mass is 10.1. The lowest BCUT2D eigenvalue weighted by Crippen LogP contribution is -2.35. The summed E-state index contributed by atoms with van der Waals surface area (Å²) in [4.78, 5) is 3.68. The molecule has 0 saturated carbocycles. The van der Waals surface area contributed by atoms with Crippen molar-refractivity contribution in [3.05, 3.63) is 0 Å². The van der Waals surface area contributed by atoms with E-state index in [1.54, 1.807) is 11.8 Å². The molecule has 6 heteroatoms. The summed E-state index contributed by atoms with van der Waals surface area (Å²) >= 11 is 3.13. The molecule has 4 nitrogen and oxygen atoms in total. The van der Waals surface area contributed by atoms with Crippen LogP contribution in [0.4, 0.5) is 10.8 Å². The van der Waals surface area contributed by atoms with Crippen molar-refractivity contribution in [3.8, 4) is 0 Å². The number of hydrogen-bond donors (Lipinski definition) is 2. The normalized spacial score (nSPS) is 18.4. The summed E-state index contributed by atoms with van der Waals surface area (Å²) in [7, 11) is 0. The van der Waals surface area contributed by atoms with Gasteiger partial charge >= 0.3 is 0 Å². The number of nitrogen functional groups attached to an aromatic ring is 1. The average molecular weight is 300 g/mol. The van der Waals surface area contributed by atoms with E-state index in [2.05, 4.69) is 21.5 Å². The summed E-state index contributed by atoms with van der Waals surface area (Å²) in [5, 5.41) is 4.62. The molecule has 1 unspecified atom stereocenters. The van der Waals surface area contributed by atoms with Gasteiger partial charge in [0.25, 0.3) is 0 Å². The molecule has 1 saturated heterocycles. The first-order valence-corrected chi connectivity index (χ1v) is 8.96. The molecule has 1 atom stereocenters. The van der Waals surface area contributed by atoms with Crippen LogP contribution in [0.1, 0.15) is 26.2 Å². The van der Waals surface area contributed by atoms with Gasteiger partial charge in [0.05, 0.1) is 4.90 Å². The number of thioether (sulfide) groups is 1. The second kappa shape index (κ2) is 7.36. The van der Waals surface area contributed by atoms with Crippen LogP contribution in [0, 0.1) is 5.92 Å². The minimum Gasteiger partial charge on any atom is -0.382 e. The molecule has 1 aromatic rings. The summed E-state index contributed by atoms with van der Waals surface area (Å²) in [5.41, 5.74) is 5.84. The number of aromatic nitrogens is 1. The Hall–Kier alpha value is -0.460. The van der Waals surface area contributed by atoms with Crippen molar-refractivity contribution in [2.75, 3.05) is 43.5 Å². The lowest BCUT2D eigenvalue weighted by Gasteiger charge is -2.29. The number of anilines is 2. The smallest absolute Gasteiger partial charge is 0.153 e. The molecular formula is C13H24N4S2. The number of likely N-dealkylation sites (tertiary alicyclic amines) is 1. The molecule has 1 fully saturated rings. The van der Waals surface area contributed by atoms with Crippen LogP contribution in [0.5, 0.6) is 0 Å².